The molecule has 2 aliphatic rings. The van der Waals surface area contributed by atoms with Gasteiger partial charge in [0.1, 0.15) is 0 Å². The molecule has 2 aromatic carbocycles. The molecule has 0 fully saturated rings. The van der Waals surface area contributed by atoms with E-state index < -0.39 is 23.5 Å². The number of fused-ring (bicyclic) bond motifs is 1. The molecular formula is C18H16N4O3. The first-order chi connectivity index (χ1) is 12.0. The van der Waals surface area contributed by atoms with Gasteiger partial charge in [0.05, 0.1) is 5.69 Å². The number of benzene rings is 2. The van der Waals surface area contributed by atoms with Gasteiger partial charge >= 0.3 is 0 Å². The van der Waals surface area contributed by atoms with Crippen LogP contribution in [0, 0.1) is 0 Å². The van der Waals surface area contributed by atoms with Gasteiger partial charge in [-0.2, -0.15) is 4.99 Å². The molecule has 0 spiro atoms. The highest BCUT2D eigenvalue weighted by Crippen LogP contribution is 2.47. The minimum absolute atomic E-state index is 0.0214. The fraction of sp³-hybridized carbons (Fsp3) is 0.167. The number of hydrogen-bond acceptors (Lipinski definition) is 5. The van der Waals surface area contributed by atoms with E-state index in [1.807, 2.05) is 6.07 Å². The van der Waals surface area contributed by atoms with Crippen LogP contribution in [0.3, 0.4) is 0 Å². The number of carbonyl (C=O) groups is 2. The zero-order chi connectivity index (χ0) is 17.8. The number of nitrogens with zero attached hydrogens (tertiary/aromatic N) is 3. The van der Waals surface area contributed by atoms with E-state index >= 15 is 0 Å². The Labute approximate surface area is 144 Å². The van der Waals surface area contributed by atoms with Crippen LogP contribution in [-0.4, -0.2) is 40.9 Å². The van der Waals surface area contributed by atoms with Crippen molar-refractivity contribution in [2.24, 2.45) is 10.7 Å². The fourth-order valence-corrected chi connectivity index (χ4v) is 3.49. The standard InChI is InChI=1S/C18H16N4O3/c1-21-14(15(23)20-17(21)19)18(25)12-9-5-6-10-13(12)22(16(18)24)11-7-3-2-4-8-11/h2-10,14,25H,1H3,(H2,19,20,23)/t14-,18-/m0/s1. The molecule has 7 nitrogen and oxygen atoms in total. The molecule has 0 radical (unpaired) electrons. The molecule has 2 atom stereocenters. The van der Waals surface area contributed by atoms with Crippen molar-refractivity contribution < 1.29 is 14.7 Å². The van der Waals surface area contributed by atoms with Crippen molar-refractivity contribution in [2.45, 2.75) is 11.6 Å². The summed E-state index contributed by atoms with van der Waals surface area (Å²) >= 11 is 0. The summed E-state index contributed by atoms with van der Waals surface area (Å²) in [6.45, 7) is 0. The quantitative estimate of drug-likeness (QED) is 0.841. The summed E-state index contributed by atoms with van der Waals surface area (Å²) in [5.41, 5.74) is 5.15. The topological polar surface area (TPSA) is 99.2 Å². The third kappa shape index (κ3) is 1.93. The second kappa shape index (κ2) is 5.15. The Morgan fingerprint density at radius 3 is 2.36 bits per heavy atom. The van der Waals surface area contributed by atoms with Gasteiger partial charge in [-0.3, -0.25) is 14.5 Å². The maximum atomic E-state index is 13.3. The van der Waals surface area contributed by atoms with Crippen LogP contribution in [0.2, 0.25) is 0 Å². The number of aliphatic imine (C=N–C) groups is 1. The van der Waals surface area contributed by atoms with Gasteiger partial charge in [-0.15, -0.1) is 0 Å². The molecule has 0 saturated carbocycles. The van der Waals surface area contributed by atoms with E-state index in [9.17, 15) is 14.7 Å². The Hall–Kier alpha value is -3.19. The van der Waals surface area contributed by atoms with Gasteiger partial charge in [-0.25, -0.2) is 0 Å². The molecule has 0 unspecified atom stereocenters. The number of hydrogen-bond donors (Lipinski definition) is 2. The molecule has 0 saturated heterocycles. The summed E-state index contributed by atoms with van der Waals surface area (Å²) in [6.07, 6.45) is 0. The molecule has 2 aliphatic heterocycles. The average Bonchev–Trinajstić information content (AvgIpc) is 3.00. The van der Waals surface area contributed by atoms with Gasteiger partial charge in [0.2, 0.25) is 5.60 Å². The molecule has 0 bridgehead atoms. The van der Waals surface area contributed by atoms with Crippen LogP contribution in [-0.2, 0) is 15.2 Å². The average molecular weight is 336 g/mol. The molecule has 4 rings (SSSR count). The van der Waals surface area contributed by atoms with Crippen molar-refractivity contribution in [3.63, 3.8) is 0 Å². The van der Waals surface area contributed by atoms with Crippen molar-refractivity contribution >= 4 is 29.1 Å². The lowest BCUT2D eigenvalue weighted by molar-refractivity contribution is -0.147. The molecule has 2 amide bonds. The predicted octanol–water partition coefficient (Wildman–Crippen LogP) is 0.708. The van der Waals surface area contributed by atoms with E-state index in [2.05, 4.69) is 4.99 Å². The molecule has 2 aromatic rings. The second-order valence-corrected chi connectivity index (χ2v) is 6.08. The van der Waals surface area contributed by atoms with Gasteiger partial charge in [0.15, 0.2) is 12.0 Å². The Kier molecular flexibility index (Phi) is 3.16. The first-order valence-electron chi connectivity index (χ1n) is 7.78. The van der Waals surface area contributed by atoms with E-state index in [0.717, 1.165) is 0 Å². The molecule has 7 heteroatoms. The maximum absolute atomic E-state index is 13.3. The van der Waals surface area contributed by atoms with Gasteiger partial charge in [0, 0.05) is 18.3 Å². The van der Waals surface area contributed by atoms with Gasteiger partial charge in [-0.1, -0.05) is 36.4 Å². The van der Waals surface area contributed by atoms with Crippen molar-refractivity contribution in [3.05, 3.63) is 60.2 Å². The monoisotopic (exact) mass is 336 g/mol. The molecule has 0 aliphatic carbocycles. The number of guanidine groups is 1. The summed E-state index contributed by atoms with van der Waals surface area (Å²) in [6, 6.07) is 14.7. The lowest BCUT2D eigenvalue weighted by Crippen LogP contribution is -2.57. The van der Waals surface area contributed by atoms with Crippen LogP contribution in [0.4, 0.5) is 11.4 Å². The summed E-state index contributed by atoms with van der Waals surface area (Å²) in [4.78, 5) is 32.1. The highest BCUT2D eigenvalue weighted by molar-refractivity contribution is 6.16. The molecule has 25 heavy (non-hydrogen) atoms. The summed E-state index contributed by atoms with van der Waals surface area (Å²) < 4.78 is 0. The molecule has 2 heterocycles. The van der Waals surface area contributed by atoms with Crippen LogP contribution < -0.4 is 10.6 Å². The lowest BCUT2D eigenvalue weighted by atomic mass is 9.86. The number of aliphatic hydroxyl groups is 1. The number of carbonyl (C=O) groups excluding carboxylic acids is 2. The third-order valence-corrected chi connectivity index (χ3v) is 4.70. The Bertz CT molecular complexity index is 912. The zero-order valence-electron chi connectivity index (χ0n) is 13.5. The SMILES string of the molecule is CN1C(N)=NC(=O)[C@H]1[C@]1(O)C(=O)N(c2ccccc2)c2ccccc21. The third-order valence-electron chi connectivity index (χ3n) is 4.70. The van der Waals surface area contributed by atoms with Crippen molar-refractivity contribution in [1.82, 2.24) is 4.90 Å². The van der Waals surface area contributed by atoms with Crippen LogP contribution in [0.5, 0.6) is 0 Å². The van der Waals surface area contributed by atoms with Crippen molar-refractivity contribution in [1.29, 1.82) is 0 Å². The zero-order valence-corrected chi connectivity index (χ0v) is 13.5. The number of amides is 2. The molecule has 126 valence electrons. The van der Waals surface area contributed by atoms with E-state index in [0.29, 0.717) is 16.9 Å². The van der Waals surface area contributed by atoms with E-state index in [1.54, 1.807) is 48.5 Å². The van der Waals surface area contributed by atoms with E-state index in [-0.39, 0.29) is 5.96 Å². The first kappa shape index (κ1) is 15.3. The van der Waals surface area contributed by atoms with Crippen LogP contribution >= 0.6 is 0 Å². The fourth-order valence-electron chi connectivity index (χ4n) is 3.49. The molecule has 0 aromatic heterocycles. The van der Waals surface area contributed by atoms with Crippen molar-refractivity contribution in [3.8, 4) is 0 Å². The number of anilines is 2. The minimum atomic E-state index is -2.07. The van der Waals surface area contributed by atoms with Crippen molar-refractivity contribution in [2.75, 3.05) is 11.9 Å². The lowest BCUT2D eigenvalue weighted by Gasteiger charge is -2.32. The van der Waals surface area contributed by atoms with Crippen LogP contribution in [0.25, 0.3) is 0 Å². The smallest absolute Gasteiger partial charge is 0.275 e. The largest absolute Gasteiger partial charge is 0.373 e. The molecular weight excluding hydrogens is 320 g/mol. The number of likely N-dealkylation sites (N-methyl/N-ethyl adjacent to an activating group) is 1. The Balaban J connectivity index is 1.91. The number of nitrogens with two attached hydrogens (primary N) is 1. The van der Waals surface area contributed by atoms with Crippen LogP contribution in [0.1, 0.15) is 5.56 Å². The minimum Gasteiger partial charge on any atom is -0.373 e. The van der Waals surface area contributed by atoms with E-state index in [4.69, 9.17) is 5.73 Å². The first-order valence-corrected chi connectivity index (χ1v) is 7.78. The summed E-state index contributed by atoms with van der Waals surface area (Å²) in [7, 11) is 1.54. The van der Waals surface area contributed by atoms with Gasteiger partial charge in [0.25, 0.3) is 11.8 Å². The van der Waals surface area contributed by atoms with Gasteiger partial charge < -0.3 is 15.7 Å². The Morgan fingerprint density at radius 1 is 1.08 bits per heavy atom. The number of para-hydroxylation sites is 2. The summed E-state index contributed by atoms with van der Waals surface area (Å²) in [5, 5.41) is 11.4. The summed E-state index contributed by atoms with van der Waals surface area (Å²) in [5.74, 6) is -1.26. The highest BCUT2D eigenvalue weighted by atomic mass is 16.3. The molecule has 3 N–H and O–H groups in total. The van der Waals surface area contributed by atoms with Crippen LogP contribution in [0.15, 0.2) is 59.6 Å². The Morgan fingerprint density at radius 2 is 1.72 bits per heavy atom. The predicted molar refractivity (Wildman–Crippen MR) is 92.1 cm³/mol. The van der Waals surface area contributed by atoms with E-state index in [1.165, 1.54) is 16.8 Å². The normalized spacial score (nSPS) is 25.4. The highest BCUT2D eigenvalue weighted by Gasteiger charge is 2.60. The van der Waals surface area contributed by atoms with Gasteiger partial charge in [-0.05, 0) is 18.2 Å². The maximum Gasteiger partial charge on any atom is 0.275 e. The second-order valence-electron chi connectivity index (χ2n) is 6.08. The number of rotatable bonds is 2.